The highest BCUT2D eigenvalue weighted by Crippen LogP contribution is 2.27. The Balaban J connectivity index is 1.85. The number of carbonyl (C=O) groups excluding carboxylic acids is 1. The van der Waals surface area contributed by atoms with E-state index in [1.807, 2.05) is 30.3 Å². The average molecular weight is 310 g/mol. The molecule has 4 nitrogen and oxygen atoms in total. The van der Waals surface area contributed by atoms with Crippen LogP contribution in [-0.4, -0.2) is 31.0 Å². The van der Waals surface area contributed by atoms with Gasteiger partial charge in [-0.1, -0.05) is 42.5 Å². The Morgan fingerprint density at radius 3 is 2.78 bits per heavy atom. The maximum Gasteiger partial charge on any atom is 0.221 e. The molecule has 120 valence electrons. The van der Waals surface area contributed by atoms with E-state index >= 15 is 0 Å². The van der Waals surface area contributed by atoms with E-state index in [1.54, 1.807) is 7.11 Å². The van der Waals surface area contributed by atoms with Crippen LogP contribution in [-0.2, 0) is 11.3 Å². The summed E-state index contributed by atoms with van der Waals surface area (Å²) in [7, 11) is 1.68. The lowest BCUT2D eigenvalue weighted by Crippen LogP contribution is -2.30. The molecule has 1 saturated heterocycles. The lowest BCUT2D eigenvalue weighted by atomic mass is 10.0. The van der Waals surface area contributed by atoms with Gasteiger partial charge in [-0.3, -0.25) is 9.69 Å². The van der Waals surface area contributed by atoms with Crippen LogP contribution in [0.15, 0.2) is 54.6 Å². The van der Waals surface area contributed by atoms with Crippen LogP contribution in [0, 0.1) is 0 Å². The van der Waals surface area contributed by atoms with Crippen LogP contribution in [0.2, 0.25) is 0 Å². The lowest BCUT2D eigenvalue weighted by molar-refractivity contribution is -0.121. The van der Waals surface area contributed by atoms with Gasteiger partial charge in [-0.15, -0.1) is 0 Å². The van der Waals surface area contributed by atoms with E-state index in [4.69, 9.17) is 4.74 Å². The second kappa shape index (κ2) is 7.29. The van der Waals surface area contributed by atoms with Crippen LogP contribution in [0.5, 0.6) is 5.75 Å². The summed E-state index contributed by atoms with van der Waals surface area (Å²) >= 11 is 0. The average Bonchev–Trinajstić information content (AvgIpc) is 2.77. The van der Waals surface area contributed by atoms with Gasteiger partial charge in [0.25, 0.3) is 0 Å². The van der Waals surface area contributed by atoms with Crippen molar-refractivity contribution in [2.24, 2.45) is 0 Å². The Bertz CT molecular complexity index is 657. The summed E-state index contributed by atoms with van der Waals surface area (Å²) in [5.41, 5.74) is 2.38. The number of benzene rings is 2. The monoisotopic (exact) mass is 310 g/mol. The van der Waals surface area contributed by atoms with Crippen molar-refractivity contribution >= 4 is 5.91 Å². The molecule has 1 N–H and O–H groups in total. The summed E-state index contributed by atoms with van der Waals surface area (Å²) < 4.78 is 5.31. The van der Waals surface area contributed by atoms with Crippen molar-refractivity contribution in [1.82, 2.24) is 10.2 Å². The van der Waals surface area contributed by atoms with Gasteiger partial charge in [0.1, 0.15) is 5.75 Å². The lowest BCUT2D eigenvalue weighted by Gasteiger charge is -2.29. The first-order chi connectivity index (χ1) is 11.3. The smallest absolute Gasteiger partial charge is 0.221 e. The molecule has 1 fully saturated rings. The first-order valence-electron chi connectivity index (χ1n) is 7.95. The maximum absolute atomic E-state index is 12.0. The SMILES string of the molecule is COc1cccc(CN2CCNC(=O)C[C@H]2c2ccccc2)c1. The van der Waals surface area contributed by atoms with Crippen molar-refractivity contribution in [3.8, 4) is 5.75 Å². The molecular weight excluding hydrogens is 288 g/mol. The number of nitrogens with one attached hydrogen (secondary N) is 1. The van der Waals surface area contributed by atoms with Crippen molar-refractivity contribution in [1.29, 1.82) is 0 Å². The van der Waals surface area contributed by atoms with Gasteiger partial charge < -0.3 is 10.1 Å². The fourth-order valence-electron chi connectivity index (χ4n) is 3.07. The molecule has 1 aliphatic rings. The molecule has 0 saturated carbocycles. The Morgan fingerprint density at radius 1 is 1.17 bits per heavy atom. The Hall–Kier alpha value is -2.33. The second-order valence-electron chi connectivity index (χ2n) is 5.80. The summed E-state index contributed by atoms with van der Waals surface area (Å²) in [5, 5.41) is 2.98. The minimum Gasteiger partial charge on any atom is -0.497 e. The van der Waals surface area contributed by atoms with E-state index < -0.39 is 0 Å². The summed E-state index contributed by atoms with van der Waals surface area (Å²) in [5.74, 6) is 0.981. The van der Waals surface area contributed by atoms with Crippen LogP contribution in [0.1, 0.15) is 23.6 Å². The zero-order chi connectivity index (χ0) is 16.1. The van der Waals surface area contributed by atoms with E-state index in [9.17, 15) is 4.79 Å². The van der Waals surface area contributed by atoms with Gasteiger partial charge in [0, 0.05) is 32.1 Å². The topological polar surface area (TPSA) is 41.6 Å². The van der Waals surface area contributed by atoms with E-state index in [0.29, 0.717) is 13.0 Å². The highest BCUT2D eigenvalue weighted by molar-refractivity contribution is 5.77. The van der Waals surface area contributed by atoms with Crippen LogP contribution in [0.25, 0.3) is 0 Å². The molecule has 1 atom stereocenters. The molecule has 0 aliphatic carbocycles. The number of hydrogen-bond donors (Lipinski definition) is 1. The molecule has 1 amide bonds. The molecular formula is C19H22N2O2. The first-order valence-corrected chi connectivity index (χ1v) is 7.95. The minimum absolute atomic E-state index is 0.102. The minimum atomic E-state index is 0.102. The van der Waals surface area contributed by atoms with Gasteiger partial charge in [0.15, 0.2) is 0 Å². The third kappa shape index (κ3) is 3.90. The molecule has 23 heavy (non-hydrogen) atoms. The second-order valence-corrected chi connectivity index (χ2v) is 5.80. The van der Waals surface area contributed by atoms with Crippen LogP contribution in [0.3, 0.4) is 0 Å². The van der Waals surface area contributed by atoms with Crippen molar-refractivity contribution in [2.75, 3.05) is 20.2 Å². The predicted molar refractivity (Wildman–Crippen MR) is 90.2 cm³/mol. The van der Waals surface area contributed by atoms with Crippen molar-refractivity contribution in [2.45, 2.75) is 19.0 Å². The number of nitrogens with zero attached hydrogens (tertiary/aromatic N) is 1. The van der Waals surface area contributed by atoms with Crippen molar-refractivity contribution in [3.05, 3.63) is 65.7 Å². The fourth-order valence-corrected chi connectivity index (χ4v) is 3.07. The van der Waals surface area contributed by atoms with E-state index in [1.165, 1.54) is 11.1 Å². The standard InChI is InChI=1S/C19H22N2O2/c1-23-17-9-5-6-15(12-17)14-21-11-10-20-19(22)13-18(21)16-7-3-2-4-8-16/h2-9,12,18H,10-11,13-14H2,1H3,(H,20,22)/t18-/m0/s1. The van der Waals surface area contributed by atoms with E-state index in [2.05, 4.69) is 34.5 Å². The zero-order valence-electron chi connectivity index (χ0n) is 13.4. The highest BCUT2D eigenvalue weighted by Gasteiger charge is 2.26. The summed E-state index contributed by atoms with van der Waals surface area (Å²) in [6, 6.07) is 18.5. The van der Waals surface area contributed by atoms with Gasteiger partial charge >= 0.3 is 0 Å². The molecule has 0 unspecified atom stereocenters. The number of rotatable bonds is 4. The quantitative estimate of drug-likeness (QED) is 0.944. The van der Waals surface area contributed by atoms with Crippen molar-refractivity contribution in [3.63, 3.8) is 0 Å². The fraction of sp³-hybridized carbons (Fsp3) is 0.316. The molecule has 0 spiro atoms. The molecule has 0 bridgehead atoms. The molecule has 3 rings (SSSR count). The third-order valence-corrected chi connectivity index (χ3v) is 4.24. The zero-order valence-corrected chi connectivity index (χ0v) is 13.4. The first kappa shape index (κ1) is 15.6. The van der Waals surface area contributed by atoms with Gasteiger partial charge in [-0.2, -0.15) is 0 Å². The van der Waals surface area contributed by atoms with Gasteiger partial charge in [-0.05, 0) is 23.3 Å². The summed E-state index contributed by atoms with van der Waals surface area (Å²) in [4.78, 5) is 14.4. The molecule has 0 radical (unpaired) electrons. The number of ether oxygens (including phenoxy) is 1. The van der Waals surface area contributed by atoms with Gasteiger partial charge in [0.05, 0.1) is 7.11 Å². The van der Waals surface area contributed by atoms with Gasteiger partial charge in [-0.25, -0.2) is 0 Å². The van der Waals surface area contributed by atoms with Crippen molar-refractivity contribution < 1.29 is 9.53 Å². The number of hydrogen-bond acceptors (Lipinski definition) is 3. The third-order valence-electron chi connectivity index (χ3n) is 4.24. The number of methoxy groups -OCH3 is 1. The largest absolute Gasteiger partial charge is 0.497 e. The Kier molecular flexibility index (Phi) is 4.93. The molecule has 4 heteroatoms. The predicted octanol–water partition coefficient (Wildman–Crippen LogP) is 2.76. The summed E-state index contributed by atoms with van der Waals surface area (Å²) in [6.45, 7) is 2.32. The number of carbonyl (C=O) groups is 1. The van der Waals surface area contributed by atoms with E-state index in [0.717, 1.165) is 18.8 Å². The normalized spacial score (nSPS) is 19.0. The molecule has 2 aromatic carbocycles. The van der Waals surface area contributed by atoms with Crippen LogP contribution >= 0.6 is 0 Å². The van der Waals surface area contributed by atoms with E-state index in [-0.39, 0.29) is 11.9 Å². The molecule has 0 aromatic heterocycles. The van der Waals surface area contributed by atoms with Crippen LogP contribution in [0.4, 0.5) is 0 Å². The highest BCUT2D eigenvalue weighted by atomic mass is 16.5. The molecule has 1 aliphatic heterocycles. The Labute approximate surface area is 137 Å². The van der Waals surface area contributed by atoms with Gasteiger partial charge in [0.2, 0.25) is 5.91 Å². The van der Waals surface area contributed by atoms with Crippen LogP contribution < -0.4 is 10.1 Å². The molecule has 1 heterocycles. The Morgan fingerprint density at radius 2 is 2.00 bits per heavy atom. The number of amides is 1. The summed E-state index contributed by atoms with van der Waals surface area (Å²) in [6.07, 6.45) is 0.494. The molecule has 2 aromatic rings. The maximum atomic E-state index is 12.0.